The number of nitrogens with two attached hydrogens (primary N) is 1. The molecule has 0 aliphatic carbocycles. The van der Waals surface area contributed by atoms with Gasteiger partial charge >= 0.3 is 0 Å². The fraction of sp³-hybridized carbons (Fsp3) is 1.00. The molecule has 0 unspecified atom stereocenters. The van der Waals surface area contributed by atoms with Gasteiger partial charge in [-0.15, -0.1) is 0 Å². The highest BCUT2D eigenvalue weighted by molar-refractivity contribution is 4.65. The molecule has 0 aliphatic rings. The fourth-order valence-corrected chi connectivity index (χ4v) is 1.24. The van der Waals surface area contributed by atoms with Gasteiger partial charge in [-0.2, -0.15) is 0 Å². The molecule has 0 bridgehead atoms. The van der Waals surface area contributed by atoms with Crippen LogP contribution in [0.5, 0.6) is 0 Å². The van der Waals surface area contributed by atoms with Gasteiger partial charge in [-0.3, -0.25) is 0 Å². The van der Waals surface area contributed by atoms with Gasteiger partial charge in [0.1, 0.15) is 0 Å². The van der Waals surface area contributed by atoms with Crippen LogP contribution in [0.1, 0.15) is 33.1 Å². The van der Waals surface area contributed by atoms with Crippen LogP contribution in [0, 0.1) is 5.92 Å². The zero-order chi connectivity index (χ0) is 7.98. The first-order valence-corrected chi connectivity index (χ1v) is 4.14. The average molecular weight is 145 g/mol. The molecule has 62 valence electrons. The second-order valence-electron chi connectivity index (χ2n) is 2.72. The molecule has 2 heteroatoms. The van der Waals surface area contributed by atoms with Crippen molar-refractivity contribution in [2.24, 2.45) is 11.7 Å². The summed E-state index contributed by atoms with van der Waals surface area (Å²) in [5, 5.41) is 9.43. The second kappa shape index (κ2) is 5.69. The van der Waals surface area contributed by atoms with Crippen molar-refractivity contribution in [2.45, 2.75) is 39.2 Å². The first kappa shape index (κ1) is 9.92. The number of aliphatic hydroxyl groups excluding tert-OH is 1. The third-order valence-electron chi connectivity index (χ3n) is 2.06. The van der Waals surface area contributed by atoms with Crippen molar-refractivity contribution >= 4 is 0 Å². The Kier molecular flexibility index (Phi) is 5.64. The van der Waals surface area contributed by atoms with Crippen LogP contribution in [-0.2, 0) is 0 Å². The van der Waals surface area contributed by atoms with Gasteiger partial charge in [-0.1, -0.05) is 26.7 Å². The molecule has 1 atom stereocenters. The molecule has 0 fully saturated rings. The molecule has 0 aromatic carbocycles. The van der Waals surface area contributed by atoms with Gasteiger partial charge in [0, 0.05) is 0 Å². The molecule has 10 heavy (non-hydrogen) atoms. The predicted octanol–water partition coefficient (Wildman–Crippen LogP) is 1.13. The van der Waals surface area contributed by atoms with Crippen molar-refractivity contribution in [3.05, 3.63) is 0 Å². The van der Waals surface area contributed by atoms with Gasteiger partial charge in [0.2, 0.25) is 0 Å². The summed E-state index contributed by atoms with van der Waals surface area (Å²) in [5.41, 5.74) is 5.32. The lowest BCUT2D eigenvalue weighted by Gasteiger charge is -2.18. The molecule has 0 heterocycles. The van der Waals surface area contributed by atoms with Crippen LogP contribution < -0.4 is 5.73 Å². The van der Waals surface area contributed by atoms with E-state index in [-0.39, 0.29) is 6.10 Å². The van der Waals surface area contributed by atoms with E-state index in [1.54, 1.807) is 0 Å². The highest BCUT2D eigenvalue weighted by Crippen LogP contribution is 2.14. The van der Waals surface area contributed by atoms with Gasteiger partial charge in [-0.05, 0) is 18.9 Å². The van der Waals surface area contributed by atoms with E-state index in [0.29, 0.717) is 12.5 Å². The molecule has 0 saturated carbocycles. The number of hydrogen-bond acceptors (Lipinski definition) is 2. The van der Waals surface area contributed by atoms with E-state index >= 15 is 0 Å². The minimum absolute atomic E-state index is 0.181. The quantitative estimate of drug-likeness (QED) is 0.609. The maximum absolute atomic E-state index is 9.43. The van der Waals surface area contributed by atoms with Crippen molar-refractivity contribution in [3.63, 3.8) is 0 Å². The zero-order valence-corrected chi connectivity index (χ0v) is 7.01. The molecule has 0 rings (SSSR count). The lowest BCUT2D eigenvalue weighted by molar-refractivity contribution is 0.0965. The minimum atomic E-state index is -0.181. The summed E-state index contributed by atoms with van der Waals surface area (Å²) in [6.45, 7) is 4.81. The average Bonchev–Trinajstić information content (AvgIpc) is 1.91. The normalized spacial score (nSPS) is 14.1. The maximum Gasteiger partial charge on any atom is 0.0580 e. The Morgan fingerprint density at radius 2 is 1.80 bits per heavy atom. The molecule has 3 N–H and O–H groups in total. The van der Waals surface area contributed by atoms with Crippen LogP contribution >= 0.6 is 0 Å². The summed E-state index contributed by atoms with van der Waals surface area (Å²) in [5.74, 6) is 0.448. The standard InChI is InChI=1S/C8H19NO/c1-3-7(4-2)8(10)5-6-9/h7-8,10H,3-6,9H2,1-2H3/t8-/m1/s1. The summed E-state index contributed by atoms with van der Waals surface area (Å²) in [4.78, 5) is 0. The highest BCUT2D eigenvalue weighted by atomic mass is 16.3. The number of rotatable bonds is 5. The lowest BCUT2D eigenvalue weighted by atomic mass is 9.94. The van der Waals surface area contributed by atoms with Gasteiger partial charge < -0.3 is 10.8 Å². The van der Waals surface area contributed by atoms with Crippen molar-refractivity contribution in [1.29, 1.82) is 0 Å². The van der Waals surface area contributed by atoms with Crippen LogP contribution in [0.4, 0.5) is 0 Å². The molecule has 0 spiro atoms. The second-order valence-corrected chi connectivity index (χ2v) is 2.72. The molecule has 0 radical (unpaired) electrons. The molecular weight excluding hydrogens is 126 g/mol. The molecular formula is C8H19NO. The van der Waals surface area contributed by atoms with Gasteiger partial charge in [0.05, 0.1) is 6.10 Å². The number of aliphatic hydroxyl groups is 1. The van der Waals surface area contributed by atoms with Gasteiger partial charge in [0.15, 0.2) is 0 Å². The van der Waals surface area contributed by atoms with E-state index < -0.39 is 0 Å². The van der Waals surface area contributed by atoms with E-state index in [9.17, 15) is 5.11 Å². The van der Waals surface area contributed by atoms with Crippen LogP contribution in [-0.4, -0.2) is 17.8 Å². The van der Waals surface area contributed by atoms with Crippen molar-refractivity contribution in [2.75, 3.05) is 6.54 Å². The summed E-state index contributed by atoms with van der Waals surface area (Å²) in [6, 6.07) is 0. The maximum atomic E-state index is 9.43. The Bertz CT molecular complexity index is 71.7. The third-order valence-corrected chi connectivity index (χ3v) is 2.06. The SMILES string of the molecule is CCC(CC)[C@H](O)CCN. The third kappa shape index (κ3) is 3.18. The molecule has 0 aromatic heterocycles. The Labute approximate surface area is 63.4 Å². The molecule has 0 aromatic rings. The summed E-state index contributed by atoms with van der Waals surface area (Å²) in [6.07, 6.45) is 2.67. The van der Waals surface area contributed by atoms with Crippen molar-refractivity contribution in [1.82, 2.24) is 0 Å². The lowest BCUT2D eigenvalue weighted by Crippen LogP contribution is -2.22. The van der Waals surface area contributed by atoms with Crippen LogP contribution in [0.15, 0.2) is 0 Å². The van der Waals surface area contributed by atoms with E-state index in [1.807, 2.05) is 0 Å². The molecule has 0 aliphatic heterocycles. The van der Waals surface area contributed by atoms with Gasteiger partial charge in [-0.25, -0.2) is 0 Å². The smallest absolute Gasteiger partial charge is 0.0580 e. The molecule has 0 amide bonds. The predicted molar refractivity (Wildman–Crippen MR) is 43.8 cm³/mol. The first-order chi connectivity index (χ1) is 4.76. The van der Waals surface area contributed by atoms with E-state index in [1.165, 1.54) is 0 Å². The number of hydrogen-bond donors (Lipinski definition) is 2. The van der Waals surface area contributed by atoms with E-state index in [0.717, 1.165) is 19.3 Å². The Morgan fingerprint density at radius 1 is 1.30 bits per heavy atom. The Hall–Kier alpha value is -0.0800. The summed E-state index contributed by atoms with van der Waals surface area (Å²) >= 11 is 0. The Balaban J connectivity index is 3.53. The topological polar surface area (TPSA) is 46.2 Å². The zero-order valence-electron chi connectivity index (χ0n) is 7.01. The molecule has 2 nitrogen and oxygen atoms in total. The van der Waals surface area contributed by atoms with Crippen LogP contribution in [0.3, 0.4) is 0 Å². The minimum Gasteiger partial charge on any atom is -0.393 e. The highest BCUT2D eigenvalue weighted by Gasteiger charge is 2.13. The van der Waals surface area contributed by atoms with Gasteiger partial charge in [0.25, 0.3) is 0 Å². The van der Waals surface area contributed by atoms with Crippen molar-refractivity contribution < 1.29 is 5.11 Å². The van der Waals surface area contributed by atoms with Crippen LogP contribution in [0.2, 0.25) is 0 Å². The first-order valence-electron chi connectivity index (χ1n) is 4.14. The van der Waals surface area contributed by atoms with Crippen molar-refractivity contribution in [3.8, 4) is 0 Å². The fourth-order valence-electron chi connectivity index (χ4n) is 1.24. The largest absolute Gasteiger partial charge is 0.393 e. The van der Waals surface area contributed by atoms with E-state index in [4.69, 9.17) is 5.73 Å². The summed E-state index contributed by atoms with van der Waals surface area (Å²) < 4.78 is 0. The molecule has 0 saturated heterocycles. The van der Waals surface area contributed by atoms with Crippen LogP contribution in [0.25, 0.3) is 0 Å². The van der Waals surface area contributed by atoms with E-state index in [2.05, 4.69) is 13.8 Å². The summed E-state index contributed by atoms with van der Waals surface area (Å²) in [7, 11) is 0. The Morgan fingerprint density at radius 3 is 2.10 bits per heavy atom. The monoisotopic (exact) mass is 145 g/mol.